The van der Waals surface area contributed by atoms with E-state index in [-0.39, 0.29) is 13.0 Å². The highest BCUT2D eigenvalue weighted by atomic mass is 16.3. The second-order valence-electron chi connectivity index (χ2n) is 1.57. The summed E-state index contributed by atoms with van der Waals surface area (Å²) in [6.07, 6.45) is 1.84. The van der Waals surface area contributed by atoms with Crippen LogP contribution in [-0.2, 0) is 4.79 Å². The Morgan fingerprint density at radius 1 is 1.75 bits per heavy atom. The molecule has 0 rings (SSSR count). The number of aliphatic hydroxyl groups excluding tert-OH is 1. The SMILES string of the molecule is NCC(O)CC[C]=O. The van der Waals surface area contributed by atoms with Gasteiger partial charge in [-0.3, -0.25) is 4.79 Å². The van der Waals surface area contributed by atoms with E-state index in [4.69, 9.17) is 10.8 Å². The van der Waals surface area contributed by atoms with E-state index in [1.165, 1.54) is 0 Å². The van der Waals surface area contributed by atoms with Crippen molar-refractivity contribution in [2.45, 2.75) is 18.9 Å². The van der Waals surface area contributed by atoms with E-state index < -0.39 is 6.10 Å². The fourth-order valence-electron chi connectivity index (χ4n) is 0.343. The summed E-state index contributed by atoms with van der Waals surface area (Å²) in [5.41, 5.74) is 5.03. The van der Waals surface area contributed by atoms with Crippen molar-refractivity contribution in [3.8, 4) is 0 Å². The van der Waals surface area contributed by atoms with E-state index in [1.807, 2.05) is 0 Å². The van der Waals surface area contributed by atoms with Gasteiger partial charge < -0.3 is 10.8 Å². The summed E-state index contributed by atoms with van der Waals surface area (Å²) in [5, 5.41) is 8.69. The number of aliphatic hydroxyl groups is 1. The quantitative estimate of drug-likeness (QED) is 0.505. The lowest BCUT2D eigenvalue weighted by Gasteiger charge is -2.01. The normalized spacial score (nSPS) is 13.2. The molecule has 1 unspecified atom stereocenters. The molecular weight excluding hydrogens is 106 g/mol. The van der Waals surface area contributed by atoms with Crippen molar-refractivity contribution >= 4 is 6.29 Å². The van der Waals surface area contributed by atoms with Gasteiger partial charge in [-0.25, -0.2) is 0 Å². The second-order valence-corrected chi connectivity index (χ2v) is 1.57. The van der Waals surface area contributed by atoms with Crippen LogP contribution in [0.5, 0.6) is 0 Å². The molecule has 0 aliphatic heterocycles. The first-order valence-electron chi connectivity index (χ1n) is 2.54. The fourth-order valence-corrected chi connectivity index (χ4v) is 0.343. The minimum absolute atomic E-state index is 0.224. The standard InChI is InChI=1S/C5H10NO2/c6-4-5(8)2-1-3-7/h5,8H,1-2,4,6H2. The predicted molar refractivity (Wildman–Crippen MR) is 30.0 cm³/mol. The molecule has 0 bridgehead atoms. The molecule has 0 saturated heterocycles. The number of nitrogens with two attached hydrogens (primary N) is 1. The first-order valence-corrected chi connectivity index (χ1v) is 2.54. The molecule has 0 aliphatic carbocycles. The van der Waals surface area contributed by atoms with E-state index >= 15 is 0 Å². The molecule has 3 nitrogen and oxygen atoms in total. The smallest absolute Gasteiger partial charge is 0.198 e. The number of carbonyl (C=O) groups excluding carboxylic acids is 1. The Hall–Kier alpha value is -0.410. The maximum Gasteiger partial charge on any atom is 0.198 e. The van der Waals surface area contributed by atoms with Gasteiger partial charge in [-0.1, -0.05) is 0 Å². The van der Waals surface area contributed by atoms with E-state index in [1.54, 1.807) is 6.29 Å². The molecule has 0 saturated carbocycles. The lowest BCUT2D eigenvalue weighted by Crippen LogP contribution is -2.19. The van der Waals surface area contributed by atoms with Crippen molar-refractivity contribution in [1.82, 2.24) is 0 Å². The molecule has 0 aromatic carbocycles. The summed E-state index contributed by atoms with van der Waals surface area (Å²) in [6.45, 7) is 0.224. The van der Waals surface area contributed by atoms with Gasteiger partial charge in [0.1, 0.15) is 0 Å². The Labute approximate surface area is 48.5 Å². The average molecular weight is 116 g/mol. The summed E-state index contributed by atoms with van der Waals surface area (Å²) in [7, 11) is 0. The van der Waals surface area contributed by atoms with Crippen molar-refractivity contribution in [2.75, 3.05) is 6.54 Å². The molecule has 0 spiro atoms. The third kappa shape index (κ3) is 3.77. The van der Waals surface area contributed by atoms with Crippen LogP contribution in [0.2, 0.25) is 0 Å². The van der Waals surface area contributed by atoms with E-state index in [0.717, 1.165) is 0 Å². The Kier molecular flexibility index (Phi) is 4.50. The zero-order valence-electron chi connectivity index (χ0n) is 4.63. The van der Waals surface area contributed by atoms with Crippen LogP contribution in [0.15, 0.2) is 0 Å². The third-order valence-corrected chi connectivity index (χ3v) is 0.852. The van der Waals surface area contributed by atoms with Crippen molar-refractivity contribution in [1.29, 1.82) is 0 Å². The van der Waals surface area contributed by atoms with Crippen molar-refractivity contribution < 1.29 is 9.90 Å². The van der Waals surface area contributed by atoms with Gasteiger partial charge in [0, 0.05) is 13.0 Å². The number of hydrogen-bond donors (Lipinski definition) is 2. The molecule has 0 heterocycles. The Morgan fingerprint density at radius 3 is 2.75 bits per heavy atom. The van der Waals surface area contributed by atoms with Gasteiger partial charge in [0.25, 0.3) is 0 Å². The summed E-state index contributed by atoms with van der Waals surface area (Å²) >= 11 is 0. The molecule has 0 aliphatic rings. The van der Waals surface area contributed by atoms with Crippen molar-refractivity contribution in [3.63, 3.8) is 0 Å². The number of rotatable bonds is 4. The van der Waals surface area contributed by atoms with Crippen molar-refractivity contribution in [2.24, 2.45) is 5.73 Å². The molecule has 1 radical (unpaired) electrons. The minimum Gasteiger partial charge on any atom is -0.392 e. The highest BCUT2D eigenvalue weighted by Gasteiger charge is 1.97. The van der Waals surface area contributed by atoms with Crippen LogP contribution in [0.4, 0.5) is 0 Å². The van der Waals surface area contributed by atoms with Gasteiger partial charge in [-0.15, -0.1) is 0 Å². The summed E-state index contributed by atoms with van der Waals surface area (Å²) in [6, 6.07) is 0. The van der Waals surface area contributed by atoms with Gasteiger partial charge in [0.15, 0.2) is 6.29 Å². The van der Waals surface area contributed by atoms with Gasteiger partial charge in [-0.05, 0) is 6.42 Å². The summed E-state index contributed by atoms with van der Waals surface area (Å²) < 4.78 is 0. The zero-order valence-corrected chi connectivity index (χ0v) is 4.63. The average Bonchev–Trinajstić information content (AvgIpc) is 1.83. The molecule has 0 fully saturated rings. The zero-order chi connectivity index (χ0) is 6.41. The lowest BCUT2D eigenvalue weighted by atomic mass is 10.2. The monoisotopic (exact) mass is 116 g/mol. The molecule has 0 amide bonds. The molecule has 0 aromatic rings. The minimum atomic E-state index is -0.531. The molecular formula is C5H10NO2. The molecule has 47 valence electrons. The largest absolute Gasteiger partial charge is 0.392 e. The molecule has 3 N–H and O–H groups in total. The van der Waals surface area contributed by atoms with Gasteiger partial charge in [0.05, 0.1) is 6.10 Å². The van der Waals surface area contributed by atoms with Crippen LogP contribution in [0.3, 0.4) is 0 Å². The van der Waals surface area contributed by atoms with Crippen LogP contribution in [0.1, 0.15) is 12.8 Å². The fraction of sp³-hybridized carbons (Fsp3) is 0.800. The van der Waals surface area contributed by atoms with Gasteiger partial charge in [0.2, 0.25) is 0 Å². The summed E-state index contributed by atoms with van der Waals surface area (Å²) in [4.78, 5) is 9.55. The van der Waals surface area contributed by atoms with Crippen molar-refractivity contribution in [3.05, 3.63) is 0 Å². The predicted octanol–water partition coefficient (Wildman–Crippen LogP) is -0.804. The first-order chi connectivity index (χ1) is 3.81. The highest BCUT2D eigenvalue weighted by Crippen LogP contribution is 1.90. The third-order valence-electron chi connectivity index (χ3n) is 0.852. The Balaban J connectivity index is 2.97. The first kappa shape index (κ1) is 7.59. The number of hydrogen-bond acceptors (Lipinski definition) is 3. The Morgan fingerprint density at radius 2 is 2.38 bits per heavy atom. The van der Waals surface area contributed by atoms with Crippen LogP contribution >= 0.6 is 0 Å². The van der Waals surface area contributed by atoms with E-state index in [0.29, 0.717) is 6.42 Å². The topological polar surface area (TPSA) is 63.3 Å². The van der Waals surface area contributed by atoms with Crippen LogP contribution in [0.25, 0.3) is 0 Å². The van der Waals surface area contributed by atoms with Crippen LogP contribution < -0.4 is 5.73 Å². The molecule has 3 heteroatoms. The Bertz CT molecular complexity index is 65.4. The maximum absolute atomic E-state index is 9.55. The summed E-state index contributed by atoms with van der Waals surface area (Å²) in [5.74, 6) is 0. The lowest BCUT2D eigenvalue weighted by molar-refractivity contribution is 0.175. The second kappa shape index (κ2) is 4.74. The highest BCUT2D eigenvalue weighted by molar-refractivity contribution is 5.50. The van der Waals surface area contributed by atoms with E-state index in [9.17, 15) is 4.79 Å². The van der Waals surface area contributed by atoms with Gasteiger partial charge in [-0.2, -0.15) is 0 Å². The molecule has 8 heavy (non-hydrogen) atoms. The van der Waals surface area contributed by atoms with Crippen LogP contribution in [0, 0.1) is 0 Å². The maximum atomic E-state index is 9.55. The van der Waals surface area contributed by atoms with Crippen LogP contribution in [-0.4, -0.2) is 24.0 Å². The molecule has 1 atom stereocenters. The molecule has 0 aromatic heterocycles. The van der Waals surface area contributed by atoms with Gasteiger partial charge >= 0.3 is 0 Å². The van der Waals surface area contributed by atoms with E-state index in [2.05, 4.69) is 0 Å².